The van der Waals surface area contributed by atoms with Crippen LogP contribution in [0.5, 0.6) is 0 Å². The van der Waals surface area contributed by atoms with Gasteiger partial charge in [-0.05, 0) is 46.6 Å². The second-order valence-electron chi connectivity index (χ2n) is 5.63. The third-order valence-electron chi connectivity index (χ3n) is 3.76. The molecule has 2 aromatic rings. The SMILES string of the molecule is CNC(C)(C)C(c1c[nH]c2ccccc12)N(C)C. The number of rotatable bonds is 4. The number of aromatic amines is 1. The van der Waals surface area contributed by atoms with E-state index in [2.05, 4.69) is 73.6 Å². The Kier molecular flexibility index (Phi) is 3.46. The van der Waals surface area contributed by atoms with Gasteiger partial charge in [0.05, 0.1) is 6.04 Å². The molecule has 0 aliphatic rings. The van der Waals surface area contributed by atoms with Gasteiger partial charge in [-0.2, -0.15) is 0 Å². The molecule has 1 atom stereocenters. The minimum Gasteiger partial charge on any atom is -0.361 e. The quantitative estimate of drug-likeness (QED) is 0.868. The van der Waals surface area contributed by atoms with Gasteiger partial charge in [-0.1, -0.05) is 18.2 Å². The first kappa shape index (κ1) is 13.1. The Morgan fingerprint density at radius 1 is 1.22 bits per heavy atom. The second kappa shape index (κ2) is 4.75. The highest BCUT2D eigenvalue weighted by molar-refractivity contribution is 5.83. The number of H-pyrrole nitrogens is 1. The Hall–Kier alpha value is -1.32. The number of para-hydroxylation sites is 1. The van der Waals surface area contributed by atoms with Gasteiger partial charge in [0.15, 0.2) is 0 Å². The highest BCUT2D eigenvalue weighted by atomic mass is 15.2. The highest BCUT2D eigenvalue weighted by Crippen LogP contribution is 2.34. The molecule has 0 amide bonds. The molecule has 0 bridgehead atoms. The molecule has 0 saturated heterocycles. The first-order chi connectivity index (χ1) is 8.47. The van der Waals surface area contributed by atoms with E-state index < -0.39 is 0 Å². The summed E-state index contributed by atoms with van der Waals surface area (Å²) in [4.78, 5) is 5.64. The lowest BCUT2D eigenvalue weighted by Crippen LogP contribution is -2.48. The average molecular weight is 245 g/mol. The fourth-order valence-corrected chi connectivity index (χ4v) is 2.77. The fraction of sp³-hybridized carbons (Fsp3) is 0.467. The van der Waals surface area contributed by atoms with Crippen LogP contribution in [0.1, 0.15) is 25.5 Å². The van der Waals surface area contributed by atoms with Crippen LogP contribution in [-0.2, 0) is 0 Å². The van der Waals surface area contributed by atoms with E-state index >= 15 is 0 Å². The van der Waals surface area contributed by atoms with Crippen LogP contribution in [0.15, 0.2) is 30.5 Å². The maximum absolute atomic E-state index is 3.42. The molecule has 0 aliphatic heterocycles. The molecule has 0 saturated carbocycles. The van der Waals surface area contributed by atoms with Crippen molar-refractivity contribution < 1.29 is 0 Å². The maximum Gasteiger partial charge on any atom is 0.0540 e. The predicted octanol–water partition coefficient (Wildman–Crippen LogP) is 2.77. The van der Waals surface area contributed by atoms with Crippen LogP contribution >= 0.6 is 0 Å². The number of hydrogen-bond donors (Lipinski definition) is 2. The van der Waals surface area contributed by atoms with Crippen LogP contribution < -0.4 is 5.32 Å². The zero-order valence-electron chi connectivity index (χ0n) is 11.9. The standard InChI is InChI=1S/C15H23N3/c1-15(2,16-3)14(18(4)5)12-10-17-13-9-7-6-8-11(12)13/h6-10,14,16-17H,1-5H3. The average Bonchev–Trinajstić information content (AvgIpc) is 2.73. The zero-order chi connectivity index (χ0) is 13.3. The van der Waals surface area contributed by atoms with Crippen LogP contribution in [0.2, 0.25) is 0 Å². The largest absolute Gasteiger partial charge is 0.361 e. The molecule has 2 N–H and O–H groups in total. The van der Waals surface area contributed by atoms with Crippen molar-refractivity contribution in [2.75, 3.05) is 21.1 Å². The summed E-state index contributed by atoms with van der Waals surface area (Å²) >= 11 is 0. The maximum atomic E-state index is 3.42. The Morgan fingerprint density at radius 2 is 1.89 bits per heavy atom. The summed E-state index contributed by atoms with van der Waals surface area (Å²) in [5, 5.41) is 4.73. The number of aromatic nitrogens is 1. The van der Waals surface area contributed by atoms with E-state index in [1.807, 2.05) is 7.05 Å². The van der Waals surface area contributed by atoms with Crippen LogP contribution in [0, 0.1) is 0 Å². The number of fused-ring (bicyclic) bond motifs is 1. The van der Waals surface area contributed by atoms with Crippen molar-refractivity contribution in [3.8, 4) is 0 Å². The third kappa shape index (κ3) is 2.16. The molecule has 0 aliphatic carbocycles. The topological polar surface area (TPSA) is 31.1 Å². The van der Waals surface area contributed by atoms with Gasteiger partial charge in [-0.15, -0.1) is 0 Å². The summed E-state index contributed by atoms with van der Waals surface area (Å²) < 4.78 is 0. The van der Waals surface area contributed by atoms with Crippen molar-refractivity contribution in [2.45, 2.75) is 25.4 Å². The van der Waals surface area contributed by atoms with Crippen molar-refractivity contribution >= 4 is 10.9 Å². The molecule has 98 valence electrons. The van der Waals surface area contributed by atoms with Crippen LogP contribution in [0.4, 0.5) is 0 Å². The van der Waals surface area contributed by atoms with Gasteiger partial charge in [0, 0.05) is 22.6 Å². The molecule has 0 fully saturated rings. The molecule has 1 aromatic heterocycles. The summed E-state index contributed by atoms with van der Waals surface area (Å²) in [6.45, 7) is 4.47. The van der Waals surface area contributed by atoms with E-state index in [4.69, 9.17) is 0 Å². The van der Waals surface area contributed by atoms with E-state index in [0.29, 0.717) is 6.04 Å². The minimum absolute atomic E-state index is 0.00840. The molecule has 18 heavy (non-hydrogen) atoms. The molecule has 3 heteroatoms. The summed E-state index contributed by atoms with van der Waals surface area (Å²) in [5.74, 6) is 0. The van der Waals surface area contributed by atoms with E-state index in [0.717, 1.165) is 0 Å². The molecule has 0 spiro atoms. The Morgan fingerprint density at radius 3 is 2.50 bits per heavy atom. The lowest BCUT2D eigenvalue weighted by molar-refractivity contribution is 0.179. The molecule has 2 rings (SSSR count). The lowest BCUT2D eigenvalue weighted by atomic mass is 9.87. The molecule has 1 unspecified atom stereocenters. The Balaban J connectivity index is 2.56. The third-order valence-corrected chi connectivity index (χ3v) is 3.76. The number of benzene rings is 1. The smallest absolute Gasteiger partial charge is 0.0540 e. The summed E-state index contributed by atoms with van der Waals surface area (Å²) in [6.07, 6.45) is 2.13. The summed E-state index contributed by atoms with van der Waals surface area (Å²) in [6, 6.07) is 8.79. The van der Waals surface area contributed by atoms with Crippen LogP contribution in [0.25, 0.3) is 10.9 Å². The number of hydrogen-bond acceptors (Lipinski definition) is 2. The van der Waals surface area contributed by atoms with Crippen molar-refractivity contribution in [3.63, 3.8) is 0 Å². The van der Waals surface area contributed by atoms with E-state index in [9.17, 15) is 0 Å². The summed E-state index contributed by atoms with van der Waals surface area (Å²) in [5.41, 5.74) is 2.55. The molecular weight excluding hydrogens is 222 g/mol. The van der Waals surface area contributed by atoms with Gasteiger partial charge in [0.2, 0.25) is 0 Å². The number of nitrogens with one attached hydrogen (secondary N) is 2. The highest BCUT2D eigenvalue weighted by Gasteiger charge is 2.32. The molecule has 1 heterocycles. The zero-order valence-corrected chi connectivity index (χ0v) is 11.9. The molecule has 3 nitrogen and oxygen atoms in total. The Bertz CT molecular complexity index is 525. The monoisotopic (exact) mass is 245 g/mol. The normalized spacial score (nSPS) is 14.3. The fourth-order valence-electron chi connectivity index (χ4n) is 2.77. The van der Waals surface area contributed by atoms with Crippen molar-refractivity contribution in [1.29, 1.82) is 0 Å². The predicted molar refractivity (Wildman–Crippen MR) is 77.9 cm³/mol. The lowest BCUT2D eigenvalue weighted by Gasteiger charge is -2.38. The number of likely N-dealkylation sites (N-methyl/N-ethyl adjacent to an activating group) is 2. The van der Waals surface area contributed by atoms with Gasteiger partial charge in [0.1, 0.15) is 0 Å². The second-order valence-corrected chi connectivity index (χ2v) is 5.63. The first-order valence-corrected chi connectivity index (χ1v) is 6.38. The van der Waals surface area contributed by atoms with Crippen molar-refractivity contribution in [2.24, 2.45) is 0 Å². The van der Waals surface area contributed by atoms with E-state index in [-0.39, 0.29) is 5.54 Å². The molecule has 1 aromatic carbocycles. The summed E-state index contributed by atoms with van der Waals surface area (Å²) in [7, 11) is 6.28. The first-order valence-electron chi connectivity index (χ1n) is 6.38. The number of nitrogens with zero attached hydrogens (tertiary/aromatic N) is 1. The van der Waals surface area contributed by atoms with Gasteiger partial charge >= 0.3 is 0 Å². The van der Waals surface area contributed by atoms with E-state index in [1.54, 1.807) is 0 Å². The van der Waals surface area contributed by atoms with Gasteiger partial charge in [0.25, 0.3) is 0 Å². The molecule has 0 radical (unpaired) electrons. The van der Waals surface area contributed by atoms with Crippen molar-refractivity contribution in [3.05, 3.63) is 36.0 Å². The van der Waals surface area contributed by atoms with Crippen LogP contribution in [0.3, 0.4) is 0 Å². The van der Waals surface area contributed by atoms with Crippen LogP contribution in [-0.4, -0.2) is 36.6 Å². The van der Waals surface area contributed by atoms with Gasteiger partial charge in [-0.25, -0.2) is 0 Å². The Labute approximate surface area is 109 Å². The molecular formula is C15H23N3. The van der Waals surface area contributed by atoms with Gasteiger partial charge in [-0.3, -0.25) is 0 Å². The van der Waals surface area contributed by atoms with Crippen molar-refractivity contribution in [1.82, 2.24) is 15.2 Å². The van der Waals surface area contributed by atoms with E-state index in [1.165, 1.54) is 16.5 Å². The van der Waals surface area contributed by atoms with Gasteiger partial charge < -0.3 is 15.2 Å². The minimum atomic E-state index is 0.00840.